The van der Waals surface area contributed by atoms with Gasteiger partial charge in [-0.05, 0) is 43.2 Å². The lowest BCUT2D eigenvalue weighted by Gasteiger charge is -2.22. The Kier molecular flexibility index (Phi) is 2.96. The fourth-order valence-corrected chi connectivity index (χ4v) is 4.49. The van der Waals surface area contributed by atoms with Crippen LogP contribution in [-0.2, 0) is 0 Å². The number of halogens is 2. The number of benzene rings is 1. The number of aromatic amines is 1. The topological polar surface area (TPSA) is 54.7 Å². The van der Waals surface area contributed by atoms with Gasteiger partial charge in [0.05, 0.1) is 10.6 Å². The highest BCUT2D eigenvalue weighted by Gasteiger charge is 2.42. The van der Waals surface area contributed by atoms with Crippen LogP contribution in [0.4, 0.5) is 10.2 Å². The van der Waals surface area contributed by atoms with Gasteiger partial charge in [0.25, 0.3) is 0 Å². The third kappa shape index (κ3) is 1.96. The molecule has 110 valence electrons. The van der Waals surface area contributed by atoms with Crippen molar-refractivity contribution in [2.75, 3.05) is 5.73 Å². The number of anilines is 1. The molecule has 0 radical (unpaired) electrons. The zero-order valence-electron chi connectivity index (χ0n) is 11.6. The fourth-order valence-electron chi connectivity index (χ4n) is 4.24. The highest BCUT2D eigenvalue weighted by molar-refractivity contribution is 6.33. The first-order chi connectivity index (χ1) is 10.1. The summed E-state index contributed by atoms with van der Waals surface area (Å²) < 4.78 is 14.3. The van der Waals surface area contributed by atoms with Crippen molar-refractivity contribution in [3.8, 4) is 11.1 Å². The van der Waals surface area contributed by atoms with E-state index in [2.05, 4.69) is 10.2 Å². The second-order valence-corrected chi connectivity index (χ2v) is 6.68. The van der Waals surface area contributed by atoms with E-state index in [4.69, 9.17) is 17.3 Å². The molecule has 3 atom stereocenters. The quantitative estimate of drug-likeness (QED) is 0.866. The average Bonchev–Trinajstić information content (AvgIpc) is 3.15. The number of fused-ring (bicyclic) bond motifs is 2. The predicted octanol–water partition coefficient (Wildman–Crippen LogP) is 4.36. The molecular formula is C16H17ClFN3. The molecule has 1 aromatic heterocycles. The van der Waals surface area contributed by atoms with Gasteiger partial charge in [0.2, 0.25) is 0 Å². The van der Waals surface area contributed by atoms with Crippen molar-refractivity contribution in [2.45, 2.75) is 31.6 Å². The van der Waals surface area contributed by atoms with Crippen LogP contribution < -0.4 is 5.73 Å². The molecule has 0 aliphatic heterocycles. The Bertz CT molecular complexity index is 677. The molecule has 2 aliphatic rings. The molecule has 3 unspecified atom stereocenters. The van der Waals surface area contributed by atoms with E-state index < -0.39 is 0 Å². The van der Waals surface area contributed by atoms with Crippen LogP contribution in [0.5, 0.6) is 0 Å². The van der Waals surface area contributed by atoms with Gasteiger partial charge in [-0.2, -0.15) is 5.10 Å². The second-order valence-electron chi connectivity index (χ2n) is 6.28. The van der Waals surface area contributed by atoms with E-state index >= 15 is 0 Å². The fraction of sp³-hybridized carbons (Fsp3) is 0.438. The summed E-state index contributed by atoms with van der Waals surface area (Å²) in [7, 11) is 0. The third-order valence-corrected chi connectivity index (χ3v) is 5.46. The summed E-state index contributed by atoms with van der Waals surface area (Å²) in [5.41, 5.74) is 8.01. The molecule has 5 heteroatoms. The van der Waals surface area contributed by atoms with E-state index in [1.165, 1.54) is 25.3 Å². The molecule has 21 heavy (non-hydrogen) atoms. The molecule has 0 saturated heterocycles. The number of nitrogen functional groups attached to an aromatic ring is 1. The number of nitrogens with zero attached hydrogens (tertiary/aromatic N) is 1. The number of hydrogen-bond acceptors (Lipinski definition) is 2. The lowest BCUT2D eigenvalue weighted by Crippen LogP contribution is -2.10. The number of aromatic nitrogens is 2. The van der Waals surface area contributed by atoms with Crippen molar-refractivity contribution < 1.29 is 4.39 Å². The highest BCUT2D eigenvalue weighted by Crippen LogP contribution is 2.54. The molecule has 1 aromatic carbocycles. The standard InChI is InChI=1S/C16H17ClFN3/c17-11-2-1-3-12(18)13(11)14-15(20-21-16(14)19)10-7-8-4-5-9(10)6-8/h1-3,8-10H,4-7H2,(H3,19,20,21). The Morgan fingerprint density at radius 3 is 2.76 bits per heavy atom. The number of hydrogen-bond donors (Lipinski definition) is 2. The van der Waals surface area contributed by atoms with Gasteiger partial charge in [0.1, 0.15) is 5.82 Å². The Morgan fingerprint density at radius 2 is 2.10 bits per heavy atom. The number of nitrogens with one attached hydrogen (secondary N) is 1. The maximum atomic E-state index is 14.3. The third-order valence-electron chi connectivity index (χ3n) is 5.14. The normalized spacial score (nSPS) is 27.4. The molecule has 2 fully saturated rings. The Labute approximate surface area is 127 Å². The van der Waals surface area contributed by atoms with Crippen molar-refractivity contribution in [1.82, 2.24) is 10.2 Å². The van der Waals surface area contributed by atoms with Crippen molar-refractivity contribution >= 4 is 17.4 Å². The summed E-state index contributed by atoms with van der Waals surface area (Å²) in [6.45, 7) is 0. The molecule has 2 aliphatic carbocycles. The summed E-state index contributed by atoms with van der Waals surface area (Å²) in [6.07, 6.45) is 4.98. The first-order valence-corrected chi connectivity index (χ1v) is 7.81. The lowest BCUT2D eigenvalue weighted by atomic mass is 9.83. The maximum absolute atomic E-state index is 14.3. The van der Waals surface area contributed by atoms with Gasteiger partial charge in [0, 0.05) is 17.2 Å². The first-order valence-electron chi connectivity index (χ1n) is 7.43. The Balaban J connectivity index is 1.85. The van der Waals surface area contributed by atoms with Crippen LogP contribution in [0.1, 0.15) is 37.3 Å². The van der Waals surface area contributed by atoms with Gasteiger partial charge in [-0.3, -0.25) is 5.10 Å². The number of rotatable bonds is 2. The SMILES string of the molecule is Nc1n[nH]c(C2CC3CCC2C3)c1-c1c(F)cccc1Cl. The van der Waals surface area contributed by atoms with E-state index in [0.29, 0.717) is 33.8 Å². The van der Waals surface area contributed by atoms with Gasteiger partial charge in [0.15, 0.2) is 5.82 Å². The summed E-state index contributed by atoms with van der Waals surface area (Å²) in [5, 5.41) is 7.57. The van der Waals surface area contributed by atoms with Crippen LogP contribution in [0, 0.1) is 17.7 Å². The second kappa shape index (κ2) is 4.73. The summed E-state index contributed by atoms with van der Waals surface area (Å²) in [6, 6.07) is 4.71. The van der Waals surface area contributed by atoms with Crippen molar-refractivity contribution in [1.29, 1.82) is 0 Å². The van der Waals surface area contributed by atoms with E-state index in [1.807, 2.05) is 0 Å². The van der Waals surface area contributed by atoms with Gasteiger partial charge in [-0.25, -0.2) is 4.39 Å². The number of nitrogens with two attached hydrogens (primary N) is 1. The largest absolute Gasteiger partial charge is 0.382 e. The zero-order valence-corrected chi connectivity index (χ0v) is 12.3. The summed E-state index contributed by atoms with van der Waals surface area (Å²) >= 11 is 6.21. The molecule has 0 amide bonds. The summed E-state index contributed by atoms with van der Waals surface area (Å²) in [5.74, 6) is 1.85. The molecule has 2 bridgehead atoms. The summed E-state index contributed by atoms with van der Waals surface area (Å²) in [4.78, 5) is 0. The van der Waals surface area contributed by atoms with Crippen LogP contribution in [-0.4, -0.2) is 10.2 Å². The van der Waals surface area contributed by atoms with Crippen LogP contribution in [0.25, 0.3) is 11.1 Å². The average molecular weight is 306 g/mol. The zero-order chi connectivity index (χ0) is 14.6. The molecule has 2 aromatic rings. The Hall–Kier alpha value is -1.55. The minimum Gasteiger partial charge on any atom is -0.382 e. The van der Waals surface area contributed by atoms with Crippen LogP contribution >= 0.6 is 11.6 Å². The van der Waals surface area contributed by atoms with E-state index in [9.17, 15) is 4.39 Å². The smallest absolute Gasteiger partial charge is 0.153 e. The van der Waals surface area contributed by atoms with Crippen molar-refractivity contribution in [3.63, 3.8) is 0 Å². The Morgan fingerprint density at radius 1 is 1.24 bits per heavy atom. The van der Waals surface area contributed by atoms with Gasteiger partial charge in [-0.1, -0.05) is 24.1 Å². The van der Waals surface area contributed by atoms with E-state index in [0.717, 1.165) is 18.0 Å². The van der Waals surface area contributed by atoms with Crippen molar-refractivity contribution in [2.24, 2.45) is 11.8 Å². The maximum Gasteiger partial charge on any atom is 0.153 e. The highest BCUT2D eigenvalue weighted by atomic mass is 35.5. The molecule has 3 nitrogen and oxygen atoms in total. The molecule has 0 spiro atoms. The molecule has 3 N–H and O–H groups in total. The minimum absolute atomic E-state index is 0.333. The minimum atomic E-state index is -0.347. The van der Waals surface area contributed by atoms with Gasteiger partial charge < -0.3 is 5.73 Å². The van der Waals surface area contributed by atoms with E-state index in [1.54, 1.807) is 12.1 Å². The molecule has 4 rings (SSSR count). The first kappa shape index (κ1) is 13.1. The van der Waals surface area contributed by atoms with Crippen LogP contribution in [0.2, 0.25) is 5.02 Å². The van der Waals surface area contributed by atoms with Crippen LogP contribution in [0.15, 0.2) is 18.2 Å². The molecular weight excluding hydrogens is 289 g/mol. The van der Waals surface area contributed by atoms with E-state index in [-0.39, 0.29) is 5.82 Å². The number of H-pyrrole nitrogens is 1. The molecule has 2 saturated carbocycles. The van der Waals surface area contributed by atoms with Crippen molar-refractivity contribution in [3.05, 3.63) is 34.7 Å². The van der Waals surface area contributed by atoms with Gasteiger partial charge >= 0.3 is 0 Å². The van der Waals surface area contributed by atoms with Gasteiger partial charge in [-0.15, -0.1) is 0 Å². The monoisotopic (exact) mass is 305 g/mol. The molecule has 1 heterocycles. The predicted molar refractivity (Wildman–Crippen MR) is 81.6 cm³/mol. The van der Waals surface area contributed by atoms with Crippen LogP contribution in [0.3, 0.4) is 0 Å². The lowest BCUT2D eigenvalue weighted by molar-refractivity contribution is 0.413.